The number of nitrogens with one attached hydrogen (secondary N) is 1. The van der Waals surface area contributed by atoms with Crippen molar-refractivity contribution in [2.75, 3.05) is 7.05 Å². The highest BCUT2D eigenvalue weighted by molar-refractivity contribution is 7.09. The van der Waals surface area contributed by atoms with E-state index in [4.69, 9.17) is 5.10 Å². The molecular weight excluding hydrogens is 280 g/mol. The second kappa shape index (κ2) is 7.71. The van der Waals surface area contributed by atoms with Gasteiger partial charge in [-0.25, -0.2) is 4.98 Å². The average molecular weight is 306 g/mol. The Bertz CT molecular complexity index is 542. The summed E-state index contributed by atoms with van der Waals surface area (Å²) in [6.45, 7) is 6.49. The van der Waals surface area contributed by atoms with Gasteiger partial charge in [0.2, 0.25) is 0 Å². The van der Waals surface area contributed by atoms with Gasteiger partial charge in [-0.3, -0.25) is 4.68 Å². The van der Waals surface area contributed by atoms with Crippen molar-refractivity contribution in [3.63, 3.8) is 0 Å². The molecule has 1 N–H and O–H groups in total. The second-order valence-corrected chi connectivity index (χ2v) is 6.48. The van der Waals surface area contributed by atoms with Crippen molar-refractivity contribution in [3.8, 4) is 0 Å². The highest BCUT2D eigenvalue weighted by atomic mass is 32.1. The maximum atomic E-state index is 4.75. The Morgan fingerprint density at radius 3 is 2.62 bits per heavy atom. The molecule has 0 aliphatic heterocycles. The molecule has 0 saturated heterocycles. The van der Waals surface area contributed by atoms with Crippen LogP contribution in [0.5, 0.6) is 0 Å². The molecule has 0 fully saturated rings. The van der Waals surface area contributed by atoms with Gasteiger partial charge in [0.1, 0.15) is 0 Å². The molecule has 2 heterocycles. The fourth-order valence-electron chi connectivity index (χ4n) is 2.59. The maximum Gasteiger partial charge on any atom is 0.0943 e. The van der Waals surface area contributed by atoms with E-state index < -0.39 is 0 Å². The lowest BCUT2D eigenvalue weighted by Crippen LogP contribution is -2.30. The minimum Gasteiger partial charge on any atom is -0.316 e. The van der Waals surface area contributed by atoms with Crippen LogP contribution in [0.15, 0.2) is 17.6 Å². The molecule has 0 bridgehead atoms. The highest BCUT2D eigenvalue weighted by Gasteiger charge is 2.14. The van der Waals surface area contributed by atoms with E-state index in [1.807, 2.05) is 14.0 Å². The summed E-state index contributed by atoms with van der Waals surface area (Å²) < 4.78 is 2.12. The molecule has 0 aromatic carbocycles. The van der Waals surface area contributed by atoms with Crippen molar-refractivity contribution in [3.05, 3.63) is 34.0 Å². The number of likely N-dealkylation sites (N-methyl/N-ethyl adjacent to an activating group) is 1. The molecule has 0 aliphatic carbocycles. The van der Waals surface area contributed by atoms with Gasteiger partial charge in [0, 0.05) is 36.2 Å². The molecule has 2 rings (SSSR count). The van der Waals surface area contributed by atoms with Crippen molar-refractivity contribution >= 4 is 11.3 Å². The summed E-state index contributed by atoms with van der Waals surface area (Å²) in [6.07, 6.45) is 6.29. The molecule has 2 aromatic rings. The van der Waals surface area contributed by atoms with Gasteiger partial charge in [-0.1, -0.05) is 13.8 Å². The fraction of sp³-hybridized carbons (Fsp3) is 0.625. The van der Waals surface area contributed by atoms with Gasteiger partial charge < -0.3 is 5.32 Å². The van der Waals surface area contributed by atoms with E-state index in [0.717, 1.165) is 37.1 Å². The molecular formula is C16H26N4S. The van der Waals surface area contributed by atoms with Crippen molar-refractivity contribution in [1.29, 1.82) is 0 Å². The molecule has 1 unspecified atom stereocenters. The number of hydrogen-bond donors (Lipinski definition) is 1. The standard InChI is InChI=1S/C16H26N4S/c1-5-15(6-2)20-8-7-13(19-20)9-14(17-4)10-16-18-12(3)11-21-16/h7-8,11,14-15,17H,5-6,9-10H2,1-4H3. The first-order valence-corrected chi connectivity index (χ1v) is 8.66. The first kappa shape index (κ1) is 16.2. The zero-order chi connectivity index (χ0) is 15.2. The lowest BCUT2D eigenvalue weighted by molar-refractivity contribution is 0.422. The van der Waals surface area contributed by atoms with Gasteiger partial charge in [0.05, 0.1) is 16.7 Å². The van der Waals surface area contributed by atoms with Gasteiger partial charge >= 0.3 is 0 Å². The Kier molecular flexibility index (Phi) is 5.94. The number of aryl methyl sites for hydroxylation is 1. The van der Waals surface area contributed by atoms with Crippen LogP contribution in [-0.4, -0.2) is 27.9 Å². The van der Waals surface area contributed by atoms with Crippen LogP contribution in [0.3, 0.4) is 0 Å². The minimum atomic E-state index is 0.389. The second-order valence-electron chi connectivity index (χ2n) is 5.53. The predicted molar refractivity (Wildman–Crippen MR) is 89.0 cm³/mol. The Labute approximate surface area is 131 Å². The topological polar surface area (TPSA) is 42.7 Å². The number of aromatic nitrogens is 3. The molecule has 0 radical (unpaired) electrons. The van der Waals surface area contributed by atoms with E-state index >= 15 is 0 Å². The molecule has 5 heteroatoms. The molecule has 0 spiro atoms. The van der Waals surface area contributed by atoms with Crippen LogP contribution in [0.2, 0.25) is 0 Å². The summed E-state index contributed by atoms with van der Waals surface area (Å²) in [5.41, 5.74) is 2.28. The molecule has 21 heavy (non-hydrogen) atoms. The Morgan fingerprint density at radius 1 is 1.29 bits per heavy atom. The van der Waals surface area contributed by atoms with Gasteiger partial charge in [0.15, 0.2) is 0 Å². The van der Waals surface area contributed by atoms with E-state index in [9.17, 15) is 0 Å². The summed E-state index contributed by atoms with van der Waals surface area (Å²) in [7, 11) is 2.02. The third-order valence-electron chi connectivity index (χ3n) is 3.93. The molecule has 116 valence electrons. The fourth-order valence-corrected chi connectivity index (χ4v) is 3.44. The minimum absolute atomic E-state index is 0.389. The van der Waals surface area contributed by atoms with Crippen molar-refractivity contribution < 1.29 is 0 Å². The predicted octanol–water partition coefficient (Wildman–Crippen LogP) is 3.38. The summed E-state index contributed by atoms with van der Waals surface area (Å²) in [6, 6.07) is 3.06. The quantitative estimate of drug-likeness (QED) is 0.813. The molecule has 2 aromatic heterocycles. The highest BCUT2D eigenvalue weighted by Crippen LogP contribution is 2.16. The lowest BCUT2D eigenvalue weighted by Gasteiger charge is -2.14. The molecule has 0 saturated carbocycles. The van der Waals surface area contributed by atoms with Crippen LogP contribution in [0.4, 0.5) is 0 Å². The van der Waals surface area contributed by atoms with E-state index in [0.29, 0.717) is 12.1 Å². The van der Waals surface area contributed by atoms with Crippen molar-refractivity contribution in [2.45, 2.75) is 58.5 Å². The molecule has 1 atom stereocenters. The molecule has 0 aliphatic rings. The van der Waals surface area contributed by atoms with Gasteiger partial charge in [-0.05, 0) is 32.9 Å². The van der Waals surface area contributed by atoms with Gasteiger partial charge in [-0.2, -0.15) is 5.10 Å². The van der Waals surface area contributed by atoms with Crippen LogP contribution < -0.4 is 5.32 Å². The SMILES string of the molecule is CCC(CC)n1ccc(CC(Cc2nc(C)cs2)NC)n1. The van der Waals surface area contributed by atoms with Crippen LogP contribution >= 0.6 is 11.3 Å². The zero-order valence-corrected chi connectivity index (χ0v) is 14.3. The first-order chi connectivity index (χ1) is 10.2. The summed E-state index contributed by atoms with van der Waals surface area (Å²) in [5, 5.41) is 11.5. The number of hydrogen-bond acceptors (Lipinski definition) is 4. The Morgan fingerprint density at radius 2 is 2.05 bits per heavy atom. The van der Waals surface area contributed by atoms with Crippen LogP contribution in [-0.2, 0) is 12.8 Å². The molecule has 4 nitrogen and oxygen atoms in total. The van der Waals surface area contributed by atoms with Crippen molar-refractivity contribution in [2.24, 2.45) is 0 Å². The zero-order valence-electron chi connectivity index (χ0n) is 13.5. The average Bonchev–Trinajstić information content (AvgIpc) is 3.09. The van der Waals surface area contributed by atoms with E-state index in [1.54, 1.807) is 11.3 Å². The van der Waals surface area contributed by atoms with Gasteiger partial charge in [-0.15, -0.1) is 11.3 Å². The first-order valence-electron chi connectivity index (χ1n) is 7.78. The van der Waals surface area contributed by atoms with Crippen molar-refractivity contribution in [1.82, 2.24) is 20.1 Å². The number of nitrogens with zero attached hydrogens (tertiary/aromatic N) is 3. The Balaban J connectivity index is 1.98. The lowest BCUT2D eigenvalue weighted by atomic mass is 10.1. The summed E-state index contributed by atoms with van der Waals surface area (Å²) in [4.78, 5) is 4.55. The van der Waals surface area contributed by atoms with Crippen LogP contribution in [0.25, 0.3) is 0 Å². The van der Waals surface area contributed by atoms with Gasteiger partial charge in [0.25, 0.3) is 0 Å². The third-order valence-corrected chi connectivity index (χ3v) is 4.92. The van der Waals surface area contributed by atoms with E-state index in [2.05, 4.69) is 46.5 Å². The van der Waals surface area contributed by atoms with E-state index in [1.165, 1.54) is 5.01 Å². The summed E-state index contributed by atoms with van der Waals surface area (Å²) in [5.74, 6) is 0. The van der Waals surface area contributed by atoms with Crippen LogP contribution in [0, 0.1) is 6.92 Å². The number of rotatable bonds is 8. The third kappa shape index (κ3) is 4.38. The Hall–Kier alpha value is -1.20. The van der Waals surface area contributed by atoms with E-state index in [-0.39, 0.29) is 0 Å². The maximum absolute atomic E-state index is 4.75. The molecule has 0 amide bonds. The normalized spacial score (nSPS) is 13.0. The monoisotopic (exact) mass is 306 g/mol. The summed E-state index contributed by atoms with van der Waals surface area (Å²) >= 11 is 1.74. The number of thiazole rings is 1. The largest absolute Gasteiger partial charge is 0.316 e. The smallest absolute Gasteiger partial charge is 0.0943 e. The van der Waals surface area contributed by atoms with Crippen LogP contribution in [0.1, 0.15) is 49.1 Å².